The lowest BCUT2D eigenvalue weighted by Crippen LogP contribution is -2.42. The Hall–Kier alpha value is -1.23. The fourth-order valence-electron chi connectivity index (χ4n) is 2.21. The number of hydrogen-bond donors (Lipinski definition) is 1. The standard InChI is InChI=1S/C12H10ClF3O2/c13-9-6-7(12(14,15)16)2-3-8(9)11(10(17)18)4-1-5-11/h2-3,6H,1,4-5H2,(H,17,18). The van der Waals surface area contributed by atoms with Crippen molar-refractivity contribution in [1.29, 1.82) is 0 Å². The molecule has 98 valence electrons. The normalized spacial score (nSPS) is 18.2. The fourth-order valence-corrected chi connectivity index (χ4v) is 2.57. The largest absolute Gasteiger partial charge is 0.481 e. The highest BCUT2D eigenvalue weighted by Gasteiger charge is 2.47. The van der Waals surface area contributed by atoms with Gasteiger partial charge >= 0.3 is 12.1 Å². The fraction of sp³-hybridized carbons (Fsp3) is 0.417. The van der Waals surface area contributed by atoms with Crippen molar-refractivity contribution in [1.82, 2.24) is 0 Å². The van der Waals surface area contributed by atoms with Crippen LogP contribution in [0.1, 0.15) is 30.4 Å². The van der Waals surface area contributed by atoms with Crippen LogP contribution in [0, 0.1) is 0 Å². The van der Waals surface area contributed by atoms with Gasteiger partial charge in [0.15, 0.2) is 0 Å². The van der Waals surface area contributed by atoms with Crippen molar-refractivity contribution in [3.05, 3.63) is 34.3 Å². The average molecular weight is 279 g/mol. The van der Waals surface area contributed by atoms with Crippen molar-refractivity contribution in [2.45, 2.75) is 30.9 Å². The van der Waals surface area contributed by atoms with Crippen molar-refractivity contribution < 1.29 is 23.1 Å². The molecular formula is C12H10ClF3O2. The minimum absolute atomic E-state index is 0.132. The Balaban J connectivity index is 2.45. The SMILES string of the molecule is O=C(O)C1(c2ccc(C(F)(F)F)cc2Cl)CCC1. The molecule has 0 aliphatic heterocycles. The van der Waals surface area contributed by atoms with Crippen LogP contribution < -0.4 is 0 Å². The van der Waals surface area contributed by atoms with Gasteiger partial charge in [0.05, 0.1) is 11.0 Å². The molecule has 1 aliphatic carbocycles. The number of hydrogen-bond acceptors (Lipinski definition) is 1. The molecular weight excluding hydrogens is 269 g/mol. The second kappa shape index (κ2) is 4.16. The van der Waals surface area contributed by atoms with Gasteiger partial charge in [0, 0.05) is 5.02 Å². The first-order valence-corrected chi connectivity index (χ1v) is 5.76. The van der Waals surface area contributed by atoms with Gasteiger partial charge in [-0.3, -0.25) is 4.79 Å². The van der Waals surface area contributed by atoms with E-state index in [0.717, 1.165) is 18.6 Å². The van der Waals surface area contributed by atoms with E-state index in [4.69, 9.17) is 11.6 Å². The maximum Gasteiger partial charge on any atom is 0.416 e. The van der Waals surface area contributed by atoms with Gasteiger partial charge in [-0.05, 0) is 30.5 Å². The number of carbonyl (C=O) groups is 1. The summed E-state index contributed by atoms with van der Waals surface area (Å²) < 4.78 is 37.4. The minimum Gasteiger partial charge on any atom is -0.481 e. The third kappa shape index (κ3) is 1.96. The Labute approximate surface area is 106 Å². The zero-order valence-electron chi connectivity index (χ0n) is 9.22. The maximum atomic E-state index is 12.5. The summed E-state index contributed by atoms with van der Waals surface area (Å²) in [5.41, 5.74) is -1.70. The molecule has 0 saturated heterocycles. The third-order valence-corrected chi connectivity index (χ3v) is 3.74. The molecule has 0 amide bonds. The summed E-state index contributed by atoms with van der Waals surface area (Å²) in [5.74, 6) is -1.03. The summed E-state index contributed by atoms with van der Waals surface area (Å²) in [5, 5.41) is 9.08. The molecule has 0 radical (unpaired) electrons. The van der Waals surface area contributed by atoms with Crippen molar-refractivity contribution in [2.75, 3.05) is 0 Å². The molecule has 1 N–H and O–H groups in total. The third-order valence-electron chi connectivity index (χ3n) is 3.43. The number of carboxylic acid groups (broad SMARTS) is 1. The van der Waals surface area contributed by atoms with Crippen LogP contribution in [0.15, 0.2) is 18.2 Å². The molecule has 1 aromatic rings. The quantitative estimate of drug-likeness (QED) is 0.892. The Bertz CT molecular complexity index is 493. The summed E-state index contributed by atoms with van der Waals surface area (Å²) in [4.78, 5) is 11.3. The predicted octanol–water partition coefficient (Wildman–Crippen LogP) is 3.87. The lowest BCUT2D eigenvalue weighted by Gasteiger charge is -2.38. The summed E-state index contributed by atoms with van der Waals surface area (Å²) in [6.07, 6.45) is -2.91. The molecule has 2 rings (SSSR count). The van der Waals surface area contributed by atoms with Crippen LogP contribution in [0.3, 0.4) is 0 Å². The Kier molecular flexibility index (Phi) is 3.05. The molecule has 0 spiro atoms. The molecule has 1 saturated carbocycles. The Morgan fingerprint density at radius 1 is 1.33 bits per heavy atom. The molecule has 6 heteroatoms. The number of benzene rings is 1. The van der Waals surface area contributed by atoms with Crippen LogP contribution in [-0.2, 0) is 16.4 Å². The van der Waals surface area contributed by atoms with E-state index in [-0.39, 0.29) is 10.6 Å². The molecule has 0 aromatic heterocycles. The molecule has 0 bridgehead atoms. The monoisotopic (exact) mass is 278 g/mol. The van der Waals surface area contributed by atoms with Gasteiger partial charge in [-0.25, -0.2) is 0 Å². The highest BCUT2D eigenvalue weighted by atomic mass is 35.5. The number of carboxylic acids is 1. The Morgan fingerprint density at radius 3 is 2.28 bits per heavy atom. The van der Waals surface area contributed by atoms with Crippen molar-refractivity contribution in [3.8, 4) is 0 Å². The predicted molar refractivity (Wildman–Crippen MR) is 59.6 cm³/mol. The van der Waals surface area contributed by atoms with Crippen LogP contribution >= 0.6 is 11.6 Å². The van der Waals surface area contributed by atoms with Gasteiger partial charge < -0.3 is 5.11 Å². The van der Waals surface area contributed by atoms with E-state index in [0.29, 0.717) is 12.8 Å². The summed E-state index contributed by atoms with van der Waals surface area (Å²) in [6.45, 7) is 0. The first-order valence-electron chi connectivity index (χ1n) is 5.38. The molecule has 1 aromatic carbocycles. The molecule has 0 heterocycles. The molecule has 1 aliphatic rings. The van der Waals surface area contributed by atoms with Gasteiger partial charge in [0.25, 0.3) is 0 Å². The molecule has 1 fully saturated rings. The van der Waals surface area contributed by atoms with Crippen molar-refractivity contribution in [2.24, 2.45) is 0 Å². The van der Waals surface area contributed by atoms with Gasteiger partial charge in [-0.2, -0.15) is 13.2 Å². The number of aliphatic carboxylic acids is 1. The highest BCUT2D eigenvalue weighted by molar-refractivity contribution is 6.31. The first-order chi connectivity index (χ1) is 8.27. The van der Waals surface area contributed by atoms with E-state index in [2.05, 4.69) is 0 Å². The van der Waals surface area contributed by atoms with Gasteiger partial charge in [0.1, 0.15) is 0 Å². The van der Waals surface area contributed by atoms with E-state index in [1.807, 2.05) is 0 Å². The van der Waals surface area contributed by atoms with Crippen LogP contribution in [0.25, 0.3) is 0 Å². The highest BCUT2D eigenvalue weighted by Crippen LogP contribution is 2.47. The van der Waals surface area contributed by atoms with Gasteiger partial charge in [-0.1, -0.05) is 24.1 Å². The van der Waals surface area contributed by atoms with E-state index >= 15 is 0 Å². The van der Waals surface area contributed by atoms with E-state index in [9.17, 15) is 23.1 Å². The molecule has 0 unspecified atom stereocenters. The van der Waals surface area contributed by atoms with Crippen LogP contribution in [0.5, 0.6) is 0 Å². The number of alkyl halides is 3. The van der Waals surface area contributed by atoms with Crippen LogP contribution in [0.2, 0.25) is 5.02 Å². The summed E-state index contributed by atoms with van der Waals surface area (Å²) in [7, 11) is 0. The van der Waals surface area contributed by atoms with Crippen LogP contribution in [-0.4, -0.2) is 11.1 Å². The first kappa shape index (κ1) is 13.2. The summed E-state index contributed by atoms with van der Waals surface area (Å²) >= 11 is 5.81. The van der Waals surface area contributed by atoms with Crippen molar-refractivity contribution in [3.63, 3.8) is 0 Å². The second-order valence-corrected chi connectivity index (χ2v) is 4.84. The van der Waals surface area contributed by atoms with E-state index < -0.39 is 23.1 Å². The van der Waals surface area contributed by atoms with Gasteiger partial charge in [0.2, 0.25) is 0 Å². The van der Waals surface area contributed by atoms with Crippen molar-refractivity contribution >= 4 is 17.6 Å². The van der Waals surface area contributed by atoms with Gasteiger partial charge in [-0.15, -0.1) is 0 Å². The molecule has 18 heavy (non-hydrogen) atoms. The molecule has 2 nitrogen and oxygen atoms in total. The second-order valence-electron chi connectivity index (χ2n) is 4.43. The maximum absolute atomic E-state index is 12.5. The molecule has 0 atom stereocenters. The number of halogens is 4. The zero-order chi connectivity index (χ0) is 13.6. The smallest absolute Gasteiger partial charge is 0.416 e. The number of rotatable bonds is 2. The lowest BCUT2D eigenvalue weighted by atomic mass is 9.64. The summed E-state index contributed by atoms with van der Waals surface area (Å²) in [6, 6.07) is 2.85. The average Bonchev–Trinajstić information content (AvgIpc) is 2.16. The minimum atomic E-state index is -4.47. The lowest BCUT2D eigenvalue weighted by molar-refractivity contribution is -0.147. The van der Waals surface area contributed by atoms with E-state index in [1.54, 1.807) is 0 Å². The zero-order valence-corrected chi connectivity index (χ0v) is 9.98. The Morgan fingerprint density at radius 2 is 1.94 bits per heavy atom. The topological polar surface area (TPSA) is 37.3 Å². The van der Waals surface area contributed by atoms with Crippen LogP contribution in [0.4, 0.5) is 13.2 Å². The van der Waals surface area contributed by atoms with E-state index in [1.165, 1.54) is 6.07 Å².